The lowest BCUT2D eigenvalue weighted by molar-refractivity contribution is -0.658. The average Bonchev–Trinajstić information content (AvgIpc) is 2.77. The number of amidine groups is 1. The second kappa shape index (κ2) is 6.02. The number of halogens is 1. The van der Waals surface area contributed by atoms with E-state index < -0.39 is 5.72 Å². The molecule has 2 aromatic rings. The first kappa shape index (κ1) is 15.3. The number of hydrogen-bond acceptors (Lipinski definition) is 2. The molecular weight excluding hydrogens is 303 g/mol. The molecule has 4 heteroatoms. The summed E-state index contributed by atoms with van der Waals surface area (Å²) in [6.45, 7) is 1.30. The Bertz CT molecular complexity index is 757. The monoisotopic (exact) mass is 325 g/mol. The van der Waals surface area contributed by atoms with Crippen LogP contribution >= 0.6 is 0 Å². The molecule has 1 atom stereocenters. The summed E-state index contributed by atoms with van der Waals surface area (Å²) in [7, 11) is 0. The number of rotatable bonds is 2. The molecule has 2 heterocycles. The molecular formula is C20H22FN2O+. The highest BCUT2D eigenvalue weighted by Crippen LogP contribution is 2.35. The Hall–Kier alpha value is -2.20. The van der Waals surface area contributed by atoms with E-state index in [1.54, 1.807) is 12.1 Å². The van der Waals surface area contributed by atoms with Gasteiger partial charge in [0.2, 0.25) is 0 Å². The minimum atomic E-state index is -1.11. The summed E-state index contributed by atoms with van der Waals surface area (Å²) in [4.78, 5) is 2.22. The van der Waals surface area contributed by atoms with Crippen LogP contribution in [0.5, 0.6) is 0 Å². The van der Waals surface area contributed by atoms with Crippen molar-refractivity contribution in [3.8, 4) is 0 Å². The molecule has 0 unspecified atom stereocenters. The predicted octanol–water partition coefficient (Wildman–Crippen LogP) is 3.48. The molecule has 0 spiro atoms. The Balaban J connectivity index is 1.81. The maximum absolute atomic E-state index is 13.3. The lowest BCUT2D eigenvalue weighted by atomic mass is 10.0. The van der Waals surface area contributed by atoms with E-state index in [-0.39, 0.29) is 5.82 Å². The van der Waals surface area contributed by atoms with Crippen molar-refractivity contribution < 1.29 is 14.1 Å². The van der Waals surface area contributed by atoms with Gasteiger partial charge in [-0.1, -0.05) is 18.2 Å². The van der Waals surface area contributed by atoms with E-state index in [1.165, 1.54) is 24.4 Å². The molecule has 1 N–H and O–H groups in total. The number of benzene rings is 2. The van der Waals surface area contributed by atoms with Crippen molar-refractivity contribution in [1.29, 1.82) is 0 Å². The van der Waals surface area contributed by atoms with Gasteiger partial charge < -0.3 is 5.11 Å². The first-order valence-electron chi connectivity index (χ1n) is 8.63. The molecule has 0 amide bonds. The zero-order valence-electron chi connectivity index (χ0n) is 13.7. The Labute approximate surface area is 141 Å². The molecule has 2 aromatic carbocycles. The van der Waals surface area contributed by atoms with Gasteiger partial charge in [-0.15, -0.1) is 0 Å². The van der Waals surface area contributed by atoms with Crippen molar-refractivity contribution in [2.75, 3.05) is 18.0 Å². The predicted molar refractivity (Wildman–Crippen MR) is 92.7 cm³/mol. The van der Waals surface area contributed by atoms with Gasteiger partial charge in [0.25, 0.3) is 11.6 Å². The van der Waals surface area contributed by atoms with E-state index in [9.17, 15) is 9.50 Å². The van der Waals surface area contributed by atoms with E-state index in [0.29, 0.717) is 6.54 Å². The van der Waals surface area contributed by atoms with Gasteiger partial charge in [-0.2, -0.15) is 0 Å². The van der Waals surface area contributed by atoms with Gasteiger partial charge in [0, 0.05) is 12.0 Å². The van der Waals surface area contributed by atoms with Crippen molar-refractivity contribution in [2.24, 2.45) is 0 Å². The fourth-order valence-corrected chi connectivity index (χ4v) is 3.88. The number of nitrogens with zero attached hydrogens (tertiary/aromatic N) is 2. The van der Waals surface area contributed by atoms with Crippen molar-refractivity contribution in [1.82, 2.24) is 0 Å². The molecule has 2 aliphatic rings. The molecule has 0 fully saturated rings. The second-order valence-corrected chi connectivity index (χ2v) is 6.62. The standard InChI is InChI=1S/C20H22FN2O/c21-17-12-10-16(11-13-17)20(24)15-22(18-7-3-1-4-8-18)19-9-5-2-6-14-23(19)20/h1,3-4,7-8,10-13,24H,2,5-6,9,14-15H2/q+1/t20-/m0/s1. The smallest absolute Gasteiger partial charge is 0.271 e. The van der Waals surface area contributed by atoms with Crippen molar-refractivity contribution in [2.45, 2.75) is 31.4 Å². The second-order valence-electron chi connectivity index (χ2n) is 6.62. The van der Waals surface area contributed by atoms with Gasteiger partial charge >= 0.3 is 0 Å². The molecule has 0 bridgehead atoms. The maximum Gasteiger partial charge on any atom is 0.271 e. The van der Waals surface area contributed by atoms with Gasteiger partial charge in [-0.3, -0.25) is 0 Å². The first-order chi connectivity index (χ1) is 11.7. The van der Waals surface area contributed by atoms with Crippen molar-refractivity contribution in [3.05, 3.63) is 66.0 Å². The number of β-amino-alcohol motifs (C(OH)–C–C–N with tert-alkyl or cyclic N) is 1. The number of aliphatic hydroxyl groups is 1. The summed E-state index contributed by atoms with van der Waals surface area (Å²) in [5.74, 6) is 0.894. The highest BCUT2D eigenvalue weighted by molar-refractivity contribution is 5.95. The zero-order valence-corrected chi connectivity index (χ0v) is 13.7. The topological polar surface area (TPSA) is 26.5 Å². The third kappa shape index (κ3) is 2.51. The maximum atomic E-state index is 13.3. The van der Waals surface area contributed by atoms with Crippen LogP contribution in [0.4, 0.5) is 10.1 Å². The minimum Gasteiger partial charge on any atom is -0.346 e. The molecule has 124 valence electrons. The summed E-state index contributed by atoms with van der Waals surface area (Å²) in [6, 6.07) is 16.4. The van der Waals surface area contributed by atoms with Crippen LogP contribution in [0.25, 0.3) is 0 Å². The van der Waals surface area contributed by atoms with Gasteiger partial charge in [0.1, 0.15) is 11.5 Å². The molecule has 0 radical (unpaired) electrons. The van der Waals surface area contributed by atoms with Gasteiger partial charge in [0.05, 0.1) is 6.54 Å². The summed E-state index contributed by atoms with van der Waals surface area (Å²) >= 11 is 0. The Kier molecular flexibility index (Phi) is 3.85. The van der Waals surface area contributed by atoms with Crippen molar-refractivity contribution >= 4 is 11.5 Å². The van der Waals surface area contributed by atoms with Gasteiger partial charge in [-0.05, 0) is 55.7 Å². The van der Waals surface area contributed by atoms with Crippen LogP contribution in [0.2, 0.25) is 0 Å². The van der Waals surface area contributed by atoms with Gasteiger partial charge in [-0.25, -0.2) is 13.9 Å². The highest BCUT2D eigenvalue weighted by Gasteiger charge is 2.51. The van der Waals surface area contributed by atoms with Crippen LogP contribution in [-0.4, -0.2) is 28.6 Å². The summed E-state index contributed by atoms with van der Waals surface area (Å²) < 4.78 is 15.5. The third-order valence-corrected chi connectivity index (χ3v) is 5.10. The molecule has 0 aromatic heterocycles. The zero-order chi connectivity index (χ0) is 16.6. The van der Waals surface area contributed by atoms with E-state index in [0.717, 1.165) is 37.1 Å². The Morgan fingerprint density at radius 3 is 2.46 bits per heavy atom. The fraction of sp³-hybridized carbons (Fsp3) is 0.350. The van der Waals surface area contributed by atoms with E-state index >= 15 is 0 Å². The normalized spacial score (nSPS) is 24.0. The van der Waals surface area contributed by atoms with Crippen molar-refractivity contribution in [3.63, 3.8) is 0 Å². The molecule has 2 aliphatic heterocycles. The minimum absolute atomic E-state index is 0.277. The van der Waals surface area contributed by atoms with E-state index in [4.69, 9.17) is 0 Å². The van der Waals surface area contributed by atoms with Crippen LogP contribution in [-0.2, 0) is 5.72 Å². The highest BCUT2D eigenvalue weighted by atomic mass is 19.1. The number of anilines is 1. The lowest BCUT2D eigenvalue weighted by Crippen LogP contribution is -2.41. The van der Waals surface area contributed by atoms with E-state index in [2.05, 4.69) is 21.6 Å². The number of para-hydroxylation sites is 1. The van der Waals surface area contributed by atoms with Crippen LogP contribution in [0.1, 0.15) is 31.2 Å². The van der Waals surface area contributed by atoms with Crippen LogP contribution < -0.4 is 4.90 Å². The first-order valence-corrected chi connectivity index (χ1v) is 8.63. The molecule has 0 aliphatic carbocycles. The number of hydrogen-bond donors (Lipinski definition) is 1. The molecule has 4 rings (SSSR count). The molecule has 0 saturated heterocycles. The van der Waals surface area contributed by atoms with Crippen LogP contribution in [0, 0.1) is 5.82 Å². The largest absolute Gasteiger partial charge is 0.346 e. The Morgan fingerprint density at radius 2 is 1.71 bits per heavy atom. The van der Waals surface area contributed by atoms with E-state index in [1.807, 2.05) is 18.2 Å². The third-order valence-electron chi connectivity index (χ3n) is 5.10. The SMILES string of the molecule is O[C@]1(c2ccc(F)cc2)CN(c2ccccc2)C2=[N+]1CCCCC2. The molecule has 24 heavy (non-hydrogen) atoms. The fourth-order valence-electron chi connectivity index (χ4n) is 3.88. The summed E-state index contributed by atoms with van der Waals surface area (Å²) in [5.41, 5.74) is 0.739. The summed E-state index contributed by atoms with van der Waals surface area (Å²) in [6.07, 6.45) is 4.32. The Morgan fingerprint density at radius 1 is 0.958 bits per heavy atom. The summed E-state index contributed by atoms with van der Waals surface area (Å²) in [5, 5.41) is 11.5. The quantitative estimate of drug-likeness (QED) is 0.856. The lowest BCUT2D eigenvalue weighted by Gasteiger charge is -2.23. The average molecular weight is 325 g/mol. The van der Waals surface area contributed by atoms with Crippen LogP contribution in [0.3, 0.4) is 0 Å². The van der Waals surface area contributed by atoms with Crippen LogP contribution in [0.15, 0.2) is 54.6 Å². The molecule has 0 saturated carbocycles. The molecule has 3 nitrogen and oxygen atoms in total. The van der Waals surface area contributed by atoms with Gasteiger partial charge in [0.15, 0.2) is 6.54 Å².